The molecule has 2 atom stereocenters. The number of nitrogens with zero attached hydrogens (tertiary/aromatic N) is 1. The normalized spacial score (nSPS) is 22.5. The number of benzene rings is 2. The zero-order valence-corrected chi connectivity index (χ0v) is 13.7. The van der Waals surface area contributed by atoms with Gasteiger partial charge in [0.25, 0.3) is 0 Å². The highest BCUT2D eigenvalue weighted by atomic mass is 35.5. The Balaban J connectivity index is 1.69. The largest absolute Gasteiger partial charge is 0.493 e. The molecule has 1 fully saturated rings. The fourth-order valence-corrected chi connectivity index (χ4v) is 3.38. The van der Waals surface area contributed by atoms with Crippen LogP contribution in [-0.4, -0.2) is 31.6 Å². The summed E-state index contributed by atoms with van der Waals surface area (Å²) in [6, 6.07) is 18.4. The van der Waals surface area contributed by atoms with Crippen LogP contribution in [0.15, 0.2) is 54.6 Å². The molecule has 0 aliphatic carbocycles. The molecule has 2 unspecified atom stereocenters. The number of piperidine rings is 1. The minimum Gasteiger partial charge on any atom is -0.493 e. The van der Waals surface area contributed by atoms with E-state index in [9.17, 15) is 0 Å². The second-order valence-electron chi connectivity index (χ2n) is 6.09. The highest BCUT2D eigenvalue weighted by molar-refractivity contribution is 6.30. The van der Waals surface area contributed by atoms with E-state index in [2.05, 4.69) is 42.3 Å². The molecule has 0 amide bonds. The van der Waals surface area contributed by atoms with Crippen LogP contribution >= 0.6 is 11.6 Å². The molecule has 3 heteroatoms. The third-order valence-electron chi connectivity index (χ3n) is 4.44. The molecule has 0 aromatic heterocycles. The second kappa shape index (κ2) is 7.17. The van der Waals surface area contributed by atoms with Gasteiger partial charge in [-0.2, -0.15) is 0 Å². The van der Waals surface area contributed by atoms with E-state index in [0.717, 1.165) is 30.5 Å². The average Bonchev–Trinajstić information content (AvgIpc) is 2.55. The van der Waals surface area contributed by atoms with Gasteiger partial charge in [0.05, 0.1) is 6.61 Å². The summed E-state index contributed by atoms with van der Waals surface area (Å²) in [5.74, 6) is 1.98. The van der Waals surface area contributed by atoms with Crippen molar-refractivity contribution in [3.05, 3.63) is 65.2 Å². The molecule has 116 valence electrons. The lowest BCUT2D eigenvalue weighted by atomic mass is 9.81. The molecule has 1 saturated heterocycles. The summed E-state index contributed by atoms with van der Waals surface area (Å²) >= 11 is 5.92. The number of hydrogen-bond donors (Lipinski definition) is 0. The van der Waals surface area contributed by atoms with Crippen LogP contribution in [-0.2, 0) is 0 Å². The number of rotatable bonds is 4. The first-order valence-corrected chi connectivity index (χ1v) is 8.22. The van der Waals surface area contributed by atoms with Gasteiger partial charge in [-0.25, -0.2) is 0 Å². The van der Waals surface area contributed by atoms with Crippen molar-refractivity contribution in [3.63, 3.8) is 0 Å². The van der Waals surface area contributed by atoms with Crippen LogP contribution in [0.3, 0.4) is 0 Å². The highest BCUT2D eigenvalue weighted by Crippen LogP contribution is 2.33. The van der Waals surface area contributed by atoms with E-state index < -0.39 is 0 Å². The molecule has 0 spiro atoms. The molecule has 1 heterocycles. The summed E-state index contributed by atoms with van der Waals surface area (Å²) in [7, 11) is 2.19. The molecule has 2 nitrogen and oxygen atoms in total. The fraction of sp³-hybridized carbons (Fsp3) is 0.368. The van der Waals surface area contributed by atoms with Gasteiger partial charge >= 0.3 is 0 Å². The van der Waals surface area contributed by atoms with Crippen molar-refractivity contribution < 1.29 is 4.74 Å². The molecule has 2 aromatic rings. The van der Waals surface area contributed by atoms with Gasteiger partial charge in [-0.05, 0) is 55.8 Å². The Hall–Kier alpha value is -1.51. The Morgan fingerprint density at radius 3 is 2.55 bits per heavy atom. The Morgan fingerprint density at radius 1 is 1.09 bits per heavy atom. The summed E-state index contributed by atoms with van der Waals surface area (Å²) in [4.78, 5) is 2.40. The molecule has 0 N–H and O–H groups in total. The Bertz CT molecular complexity index is 584. The average molecular weight is 316 g/mol. The van der Waals surface area contributed by atoms with Gasteiger partial charge in [0.15, 0.2) is 0 Å². The van der Waals surface area contributed by atoms with Crippen molar-refractivity contribution >= 4 is 11.6 Å². The maximum atomic E-state index is 6.02. The molecule has 1 aliphatic heterocycles. The molecular weight excluding hydrogens is 294 g/mol. The van der Waals surface area contributed by atoms with E-state index in [1.54, 1.807) is 0 Å². The number of hydrogen-bond acceptors (Lipinski definition) is 2. The minimum absolute atomic E-state index is 0.511. The molecule has 3 rings (SSSR count). The van der Waals surface area contributed by atoms with Crippen molar-refractivity contribution in [3.8, 4) is 5.75 Å². The van der Waals surface area contributed by atoms with Crippen LogP contribution in [0.4, 0.5) is 0 Å². The first-order valence-electron chi connectivity index (χ1n) is 7.84. The van der Waals surface area contributed by atoms with E-state index in [1.807, 2.05) is 24.3 Å². The smallest absolute Gasteiger partial charge is 0.119 e. The minimum atomic E-state index is 0.511. The molecule has 0 bridgehead atoms. The molecule has 0 saturated carbocycles. The Morgan fingerprint density at radius 2 is 1.82 bits per heavy atom. The van der Waals surface area contributed by atoms with Gasteiger partial charge in [0, 0.05) is 17.5 Å². The van der Waals surface area contributed by atoms with Crippen LogP contribution in [0, 0.1) is 5.92 Å². The summed E-state index contributed by atoms with van der Waals surface area (Å²) in [6.45, 7) is 2.97. The quantitative estimate of drug-likeness (QED) is 0.826. The van der Waals surface area contributed by atoms with Gasteiger partial charge in [0.2, 0.25) is 0 Å². The van der Waals surface area contributed by atoms with Crippen molar-refractivity contribution in [2.24, 2.45) is 5.92 Å². The Kier molecular flexibility index (Phi) is 5.01. The van der Waals surface area contributed by atoms with Crippen LogP contribution in [0.25, 0.3) is 0 Å². The van der Waals surface area contributed by atoms with Crippen LogP contribution in [0.2, 0.25) is 5.02 Å². The van der Waals surface area contributed by atoms with Gasteiger partial charge in [-0.1, -0.05) is 41.9 Å². The summed E-state index contributed by atoms with van der Waals surface area (Å²) < 4.78 is 6.02. The summed E-state index contributed by atoms with van der Waals surface area (Å²) in [5, 5.41) is 0.743. The lowest BCUT2D eigenvalue weighted by Crippen LogP contribution is -2.39. The zero-order valence-electron chi connectivity index (χ0n) is 12.9. The van der Waals surface area contributed by atoms with E-state index in [0.29, 0.717) is 11.8 Å². The van der Waals surface area contributed by atoms with Gasteiger partial charge in [0.1, 0.15) is 5.75 Å². The van der Waals surface area contributed by atoms with Crippen LogP contribution < -0.4 is 4.74 Å². The molecule has 0 radical (unpaired) electrons. The topological polar surface area (TPSA) is 12.5 Å². The third-order valence-corrected chi connectivity index (χ3v) is 4.69. The maximum absolute atomic E-state index is 6.02. The first-order chi connectivity index (χ1) is 10.7. The predicted octanol–water partition coefficient (Wildman–Crippen LogP) is 4.45. The zero-order chi connectivity index (χ0) is 15.4. The van der Waals surface area contributed by atoms with Crippen LogP contribution in [0.1, 0.15) is 17.9 Å². The molecule has 2 aromatic carbocycles. The van der Waals surface area contributed by atoms with Crippen molar-refractivity contribution in [1.29, 1.82) is 0 Å². The van der Waals surface area contributed by atoms with E-state index in [4.69, 9.17) is 16.3 Å². The second-order valence-corrected chi connectivity index (χ2v) is 6.53. The van der Waals surface area contributed by atoms with Crippen molar-refractivity contribution in [2.75, 3.05) is 26.7 Å². The van der Waals surface area contributed by atoms with Crippen LogP contribution in [0.5, 0.6) is 5.75 Å². The maximum Gasteiger partial charge on any atom is 0.119 e. The van der Waals surface area contributed by atoms with Gasteiger partial charge in [-0.15, -0.1) is 0 Å². The summed E-state index contributed by atoms with van der Waals surface area (Å²) in [6.07, 6.45) is 1.19. The first kappa shape index (κ1) is 15.4. The number of halogens is 1. The van der Waals surface area contributed by atoms with Gasteiger partial charge in [-0.3, -0.25) is 0 Å². The predicted molar refractivity (Wildman–Crippen MR) is 91.7 cm³/mol. The van der Waals surface area contributed by atoms with Gasteiger partial charge < -0.3 is 9.64 Å². The van der Waals surface area contributed by atoms with Crippen molar-refractivity contribution in [2.45, 2.75) is 12.3 Å². The third kappa shape index (κ3) is 3.82. The SMILES string of the molecule is CN1CCC(c2ccccc2)C(COc2ccc(Cl)cc2)C1. The lowest BCUT2D eigenvalue weighted by molar-refractivity contribution is 0.129. The number of likely N-dealkylation sites (tertiary alicyclic amines) is 1. The summed E-state index contributed by atoms with van der Waals surface area (Å²) in [5.41, 5.74) is 1.43. The lowest BCUT2D eigenvalue weighted by Gasteiger charge is -2.37. The number of ether oxygens (including phenoxy) is 1. The monoisotopic (exact) mass is 315 g/mol. The molecule has 1 aliphatic rings. The van der Waals surface area contributed by atoms with E-state index in [-0.39, 0.29) is 0 Å². The Labute approximate surface area is 137 Å². The fourth-order valence-electron chi connectivity index (χ4n) is 3.26. The van der Waals surface area contributed by atoms with E-state index >= 15 is 0 Å². The standard InChI is InChI=1S/C19H22ClNO/c1-21-12-11-19(15-5-3-2-4-6-15)16(13-21)14-22-18-9-7-17(20)8-10-18/h2-10,16,19H,11-14H2,1H3. The van der Waals surface area contributed by atoms with E-state index in [1.165, 1.54) is 12.0 Å². The highest BCUT2D eigenvalue weighted by Gasteiger charge is 2.29. The van der Waals surface area contributed by atoms with Crippen molar-refractivity contribution in [1.82, 2.24) is 4.90 Å². The molecular formula is C19H22ClNO. The molecule has 22 heavy (non-hydrogen) atoms.